The fraction of sp³-hybridized carbons (Fsp3) is 0.286. The van der Waals surface area contributed by atoms with Gasteiger partial charge in [0, 0.05) is 29.0 Å². The highest BCUT2D eigenvalue weighted by Gasteiger charge is 2.26. The summed E-state index contributed by atoms with van der Waals surface area (Å²) in [4.78, 5) is 19.6. The van der Waals surface area contributed by atoms with Crippen LogP contribution in [0.5, 0.6) is 0 Å². The van der Waals surface area contributed by atoms with Gasteiger partial charge in [-0.25, -0.2) is 9.07 Å². The van der Waals surface area contributed by atoms with E-state index in [0.29, 0.717) is 31.0 Å². The molecule has 1 N–H and O–H groups in total. The van der Waals surface area contributed by atoms with E-state index in [1.54, 1.807) is 28.2 Å². The van der Waals surface area contributed by atoms with Crippen LogP contribution in [0.3, 0.4) is 0 Å². The fourth-order valence-corrected chi connectivity index (χ4v) is 5.40. The lowest BCUT2D eigenvalue weighted by molar-refractivity contribution is 0.163. The monoisotopic (exact) mass is 516 g/mol. The Kier molecular flexibility index (Phi) is 7.52. The van der Waals surface area contributed by atoms with Crippen molar-refractivity contribution in [1.82, 2.24) is 30.1 Å². The molecule has 2 aromatic carbocycles. The highest BCUT2D eigenvalue weighted by atomic mass is 32.1. The molecule has 0 unspecified atom stereocenters. The maximum Gasteiger partial charge on any atom is 0.252 e. The first-order valence-electron chi connectivity index (χ1n) is 12.5. The molecule has 7 nitrogen and oxygen atoms in total. The molecular formula is C28H29FN6OS. The van der Waals surface area contributed by atoms with Gasteiger partial charge < -0.3 is 4.98 Å². The predicted octanol–water partition coefficient (Wildman–Crippen LogP) is 5.48. The SMILES string of the molecule is CCc1ccc2[nH]c(=O)c(CN(Cc3cccs3)[C@H](CC)c3nnnn3Cc3ccc(F)cc3)cc2c1. The average molecular weight is 517 g/mol. The maximum atomic E-state index is 13.4. The first-order valence-corrected chi connectivity index (χ1v) is 13.3. The van der Waals surface area contributed by atoms with Gasteiger partial charge in [0.15, 0.2) is 5.82 Å². The summed E-state index contributed by atoms with van der Waals surface area (Å²) in [5, 5.41) is 15.7. The summed E-state index contributed by atoms with van der Waals surface area (Å²) < 4.78 is 15.2. The van der Waals surface area contributed by atoms with Gasteiger partial charge in [0.25, 0.3) is 5.56 Å². The molecule has 0 radical (unpaired) electrons. The van der Waals surface area contributed by atoms with Gasteiger partial charge in [-0.05, 0) is 81.6 Å². The van der Waals surface area contributed by atoms with Crippen molar-refractivity contribution in [1.29, 1.82) is 0 Å². The molecular weight excluding hydrogens is 487 g/mol. The van der Waals surface area contributed by atoms with Crippen molar-refractivity contribution < 1.29 is 4.39 Å². The number of fused-ring (bicyclic) bond motifs is 1. The van der Waals surface area contributed by atoms with E-state index in [0.717, 1.165) is 29.3 Å². The average Bonchev–Trinajstić information content (AvgIpc) is 3.58. The van der Waals surface area contributed by atoms with E-state index < -0.39 is 0 Å². The van der Waals surface area contributed by atoms with Crippen LogP contribution in [0, 0.1) is 5.82 Å². The Morgan fingerprint density at radius 1 is 1.05 bits per heavy atom. The van der Waals surface area contributed by atoms with E-state index in [2.05, 4.69) is 62.8 Å². The molecule has 190 valence electrons. The summed E-state index contributed by atoms with van der Waals surface area (Å²) in [5.41, 5.74) is 3.59. The number of halogens is 1. The van der Waals surface area contributed by atoms with Crippen molar-refractivity contribution >= 4 is 22.2 Å². The number of thiophene rings is 1. The van der Waals surface area contributed by atoms with E-state index in [1.807, 2.05) is 18.2 Å². The number of nitrogens with zero attached hydrogens (tertiary/aromatic N) is 5. The molecule has 0 aliphatic carbocycles. The second-order valence-corrected chi connectivity index (χ2v) is 10.2. The molecule has 5 rings (SSSR count). The van der Waals surface area contributed by atoms with Crippen LogP contribution in [-0.2, 0) is 26.1 Å². The molecule has 0 aliphatic rings. The molecule has 0 spiro atoms. The van der Waals surface area contributed by atoms with Crippen LogP contribution < -0.4 is 5.56 Å². The van der Waals surface area contributed by atoms with E-state index in [1.165, 1.54) is 22.6 Å². The Bertz CT molecular complexity index is 1530. The first-order chi connectivity index (χ1) is 18.0. The summed E-state index contributed by atoms with van der Waals surface area (Å²) in [6.07, 6.45) is 1.68. The zero-order valence-corrected chi connectivity index (χ0v) is 21.7. The molecule has 0 saturated heterocycles. The highest BCUT2D eigenvalue weighted by molar-refractivity contribution is 7.09. The number of benzene rings is 2. The number of nitrogens with one attached hydrogen (secondary N) is 1. The molecule has 3 aromatic heterocycles. The Morgan fingerprint density at radius 2 is 1.86 bits per heavy atom. The minimum absolute atomic E-state index is 0.0892. The van der Waals surface area contributed by atoms with Crippen LogP contribution in [0.15, 0.2) is 70.8 Å². The number of pyridine rings is 1. The molecule has 3 heterocycles. The van der Waals surface area contributed by atoms with Crippen molar-refractivity contribution in [2.75, 3.05) is 0 Å². The van der Waals surface area contributed by atoms with Crippen molar-refractivity contribution in [3.05, 3.63) is 110 Å². The Balaban J connectivity index is 1.50. The second-order valence-electron chi connectivity index (χ2n) is 9.13. The second kappa shape index (κ2) is 11.1. The minimum Gasteiger partial charge on any atom is -0.322 e. The van der Waals surface area contributed by atoms with Crippen LogP contribution in [0.4, 0.5) is 4.39 Å². The summed E-state index contributed by atoms with van der Waals surface area (Å²) in [7, 11) is 0. The lowest BCUT2D eigenvalue weighted by Gasteiger charge is -2.30. The first kappa shape index (κ1) is 25.0. The minimum atomic E-state index is -0.277. The van der Waals surface area contributed by atoms with Crippen LogP contribution in [0.1, 0.15) is 53.7 Å². The van der Waals surface area contributed by atoms with E-state index >= 15 is 0 Å². The largest absolute Gasteiger partial charge is 0.322 e. The third kappa shape index (κ3) is 5.68. The summed E-state index contributed by atoms with van der Waals surface area (Å²) in [6.45, 7) is 5.76. The number of rotatable bonds is 10. The molecule has 5 aromatic rings. The van der Waals surface area contributed by atoms with Crippen molar-refractivity contribution in [3.63, 3.8) is 0 Å². The summed E-state index contributed by atoms with van der Waals surface area (Å²) >= 11 is 1.69. The summed E-state index contributed by atoms with van der Waals surface area (Å²) in [6, 6.07) is 18.5. The normalized spacial score (nSPS) is 12.4. The van der Waals surface area contributed by atoms with Gasteiger partial charge in [-0.2, -0.15) is 0 Å². The van der Waals surface area contributed by atoms with Gasteiger partial charge in [-0.15, -0.1) is 16.4 Å². The van der Waals surface area contributed by atoms with Gasteiger partial charge in [0.05, 0.1) is 12.6 Å². The molecule has 0 bridgehead atoms. The van der Waals surface area contributed by atoms with Gasteiger partial charge in [-0.3, -0.25) is 9.69 Å². The lowest BCUT2D eigenvalue weighted by atomic mass is 10.1. The van der Waals surface area contributed by atoms with Crippen molar-refractivity contribution in [2.24, 2.45) is 0 Å². The molecule has 0 aliphatic heterocycles. The lowest BCUT2D eigenvalue weighted by Crippen LogP contribution is -2.32. The van der Waals surface area contributed by atoms with Gasteiger partial charge in [-0.1, -0.05) is 38.1 Å². The highest BCUT2D eigenvalue weighted by Crippen LogP contribution is 2.28. The third-order valence-corrected chi connectivity index (χ3v) is 7.50. The number of aromatic nitrogens is 5. The molecule has 9 heteroatoms. The van der Waals surface area contributed by atoms with Crippen LogP contribution in [0.25, 0.3) is 10.9 Å². The number of tetrazole rings is 1. The molecule has 1 atom stereocenters. The third-order valence-electron chi connectivity index (χ3n) is 6.64. The van der Waals surface area contributed by atoms with E-state index in [4.69, 9.17) is 0 Å². The van der Waals surface area contributed by atoms with E-state index in [-0.39, 0.29) is 17.4 Å². The maximum absolute atomic E-state index is 13.4. The molecule has 0 amide bonds. The van der Waals surface area contributed by atoms with Crippen molar-refractivity contribution in [2.45, 2.75) is 52.4 Å². The van der Waals surface area contributed by atoms with E-state index in [9.17, 15) is 9.18 Å². The predicted molar refractivity (Wildman–Crippen MR) is 144 cm³/mol. The number of hydrogen-bond acceptors (Lipinski definition) is 6. The molecule has 0 fully saturated rings. The smallest absolute Gasteiger partial charge is 0.252 e. The summed E-state index contributed by atoms with van der Waals surface area (Å²) in [5.74, 6) is 0.440. The quantitative estimate of drug-likeness (QED) is 0.266. The van der Waals surface area contributed by atoms with Gasteiger partial charge >= 0.3 is 0 Å². The number of aromatic amines is 1. The zero-order chi connectivity index (χ0) is 25.8. The van der Waals surface area contributed by atoms with Crippen molar-refractivity contribution in [3.8, 4) is 0 Å². The Morgan fingerprint density at radius 3 is 2.59 bits per heavy atom. The Labute approximate surface area is 218 Å². The Hall–Kier alpha value is -3.69. The molecule has 37 heavy (non-hydrogen) atoms. The number of hydrogen-bond donors (Lipinski definition) is 1. The standard InChI is InChI=1S/C28H29FN6OS/c1-3-19-9-12-25-21(14-19)15-22(28(36)30-25)17-34(18-24-6-5-13-37-24)26(4-2)27-31-32-33-35(27)16-20-7-10-23(29)11-8-20/h5-15,26H,3-4,16-18H2,1-2H3,(H,30,36)/t26-/m1/s1. The van der Waals surface area contributed by atoms with Gasteiger partial charge in [0.1, 0.15) is 5.82 Å². The van der Waals surface area contributed by atoms with Crippen LogP contribution in [-0.4, -0.2) is 30.1 Å². The number of H-pyrrole nitrogens is 1. The fourth-order valence-electron chi connectivity index (χ4n) is 4.67. The number of aryl methyl sites for hydroxylation is 1. The topological polar surface area (TPSA) is 79.7 Å². The van der Waals surface area contributed by atoms with Gasteiger partial charge in [0.2, 0.25) is 0 Å². The van der Waals surface area contributed by atoms with Crippen LogP contribution in [0.2, 0.25) is 0 Å². The molecule has 0 saturated carbocycles. The zero-order valence-electron chi connectivity index (χ0n) is 20.9. The van der Waals surface area contributed by atoms with Crippen LogP contribution >= 0.6 is 11.3 Å².